The van der Waals surface area contributed by atoms with Gasteiger partial charge in [0.1, 0.15) is 5.75 Å². The first kappa shape index (κ1) is 20.7. The molecular formula is C24H23N3O3S. The monoisotopic (exact) mass is 433 g/mol. The molecule has 0 saturated carbocycles. The molecule has 0 aliphatic rings. The fourth-order valence-electron chi connectivity index (χ4n) is 3.56. The number of methoxy groups -OCH3 is 1. The summed E-state index contributed by atoms with van der Waals surface area (Å²) in [5, 5.41) is 8.58. The van der Waals surface area contributed by atoms with E-state index in [1.807, 2.05) is 54.0 Å². The molecule has 0 saturated heterocycles. The quantitative estimate of drug-likeness (QED) is 0.394. The van der Waals surface area contributed by atoms with Gasteiger partial charge in [0.05, 0.1) is 18.5 Å². The summed E-state index contributed by atoms with van der Waals surface area (Å²) in [6.45, 7) is 0.335. The van der Waals surface area contributed by atoms with Gasteiger partial charge in [0.15, 0.2) is 0 Å². The van der Waals surface area contributed by atoms with Crippen molar-refractivity contribution in [3.05, 3.63) is 88.2 Å². The van der Waals surface area contributed by atoms with E-state index in [9.17, 15) is 9.59 Å². The molecule has 0 aliphatic heterocycles. The second kappa shape index (κ2) is 9.49. The Kier molecular flexibility index (Phi) is 6.33. The lowest BCUT2D eigenvalue weighted by Gasteiger charge is -2.19. The average Bonchev–Trinajstić information content (AvgIpc) is 3.49. The third-order valence-corrected chi connectivity index (χ3v) is 6.04. The van der Waals surface area contributed by atoms with E-state index in [4.69, 9.17) is 4.74 Å². The molecule has 3 N–H and O–H groups in total. The van der Waals surface area contributed by atoms with Crippen molar-refractivity contribution in [2.24, 2.45) is 0 Å². The summed E-state index contributed by atoms with van der Waals surface area (Å²) in [6, 6.07) is 19.5. The van der Waals surface area contributed by atoms with Gasteiger partial charge in [0.2, 0.25) is 5.91 Å². The number of hydrogen-bond donors (Lipinski definition) is 3. The molecule has 2 aromatic heterocycles. The van der Waals surface area contributed by atoms with Crippen LogP contribution >= 0.6 is 11.3 Å². The minimum atomic E-state index is -0.242. The lowest BCUT2D eigenvalue weighted by molar-refractivity contribution is -0.120. The summed E-state index contributed by atoms with van der Waals surface area (Å²) in [5.41, 5.74) is 3.21. The normalized spacial score (nSPS) is 11.8. The Bertz CT molecular complexity index is 1170. The maximum Gasteiger partial charge on any atom is 0.261 e. The number of aromatic amines is 1. The Labute approximate surface area is 184 Å². The summed E-state index contributed by atoms with van der Waals surface area (Å²) in [6.07, 6.45) is 1.99. The number of nitrogens with one attached hydrogen (secondary N) is 3. The second-order valence-corrected chi connectivity index (χ2v) is 8.03. The number of thiophene rings is 1. The highest BCUT2D eigenvalue weighted by atomic mass is 32.1. The number of aromatic nitrogens is 1. The number of amides is 2. The largest absolute Gasteiger partial charge is 0.497 e. The molecule has 158 valence electrons. The first-order chi connectivity index (χ1) is 15.2. The molecule has 0 bridgehead atoms. The van der Waals surface area contributed by atoms with E-state index in [0.717, 1.165) is 27.8 Å². The molecule has 7 heteroatoms. The van der Waals surface area contributed by atoms with Crippen molar-refractivity contribution in [2.45, 2.75) is 5.92 Å². The van der Waals surface area contributed by atoms with Crippen molar-refractivity contribution in [3.8, 4) is 5.75 Å². The zero-order valence-corrected chi connectivity index (χ0v) is 17.9. The number of para-hydroxylation sites is 1. The Balaban J connectivity index is 1.49. The predicted octanol–water partition coefficient (Wildman–Crippen LogP) is 3.92. The number of fused-ring (bicyclic) bond motifs is 1. The predicted molar refractivity (Wildman–Crippen MR) is 123 cm³/mol. The number of carbonyl (C=O) groups is 2. The summed E-state index contributed by atoms with van der Waals surface area (Å²) in [5.74, 6) is 0.248. The standard InChI is InChI=1S/C24H23N3O3S/c1-30-17-10-8-16(9-11-17)19(20-14-25-21-6-3-2-5-18(20)21)13-26-23(28)15-27-24(29)22-7-4-12-31-22/h2-12,14,19,25H,13,15H2,1H3,(H,26,28)(H,27,29). The van der Waals surface area contributed by atoms with Crippen LogP contribution in [0.4, 0.5) is 0 Å². The minimum Gasteiger partial charge on any atom is -0.497 e. The molecule has 2 heterocycles. The van der Waals surface area contributed by atoms with Crippen LogP contribution in [-0.4, -0.2) is 37.0 Å². The van der Waals surface area contributed by atoms with Crippen LogP contribution in [0.5, 0.6) is 5.75 Å². The van der Waals surface area contributed by atoms with E-state index >= 15 is 0 Å². The lowest BCUT2D eigenvalue weighted by Crippen LogP contribution is -2.38. The van der Waals surface area contributed by atoms with E-state index in [0.29, 0.717) is 11.4 Å². The first-order valence-corrected chi connectivity index (χ1v) is 10.8. The van der Waals surface area contributed by atoms with Crippen molar-refractivity contribution >= 4 is 34.1 Å². The molecule has 0 spiro atoms. The summed E-state index contributed by atoms with van der Waals surface area (Å²) >= 11 is 1.34. The Hall–Kier alpha value is -3.58. The van der Waals surface area contributed by atoms with Gasteiger partial charge < -0.3 is 20.4 Å². The third kappa shape index (κ3) is 4.78. The fraction of sp³-hybridized carbons (Fsp3) is 0.167. The highest BCUT2D eigenvalue weighted by Crippen LogP contribution is 2.31. The maximum atomic E-state index is 12.4. The van der Waals surface area contributed by atoms with E-state index < -0.39 is 0 Å². The van der Waals surface area contributed by atoms with Crippen molar-refractivity contribution in [2.75, 3.05) is 20.2 Å². The van der Waals surface area contributed by atoms with Gasteiger partial charge in [0, 0.05) is 29.6 Å². The van der Waals surface area contributed by atoms with Crippen molar-refractivity contribution in [1.82, 2.24) is 15.6 Å². The van der Waals surface area contributed by atoms with Crippen LogP contribution in [0.1, 0.15) is 26.7 Å². The zero-order valence-electron chi connectivity index (χ0n) is 17.1. The molecule has 0 fully saturated rings. The molecule has 2 amide bonds. The van der Waals surface area contributed by atoms with Gasteiger partial charge in [-0.05, 0) is 40.8 Å². The lowest BCUT2D eigenvalue weighted by atomic mass is 9.91. The molecule has 31 heavy (non-hydrogen) atoms. The number of ether oxygens (including phenoxy) is 1. The molecule has 0 radical (unpaired) electrons. The van der Waals surface area contributed by atoms with E-state index in [2.05, 4.69) is 21.7 Å². The number of rotatable bonds is 8. The Morgan fingerprint density at radius 2 is 1.84 bits per heavy atom. The van der Waals surface area contributed by atoms with Crippen LogP contribution in [0, 0.1) is 0 Å². The van der Waals surface area contributed by atoms with Gasteiger partial charge in [-0.1, -0.05) is 36.4 Å². The van der Waals surface area contributed by atoms with E-state index in [1.54, 1.807) is 19.2 Å². The second-order valence-electron chi connectivity index (χ2n) is 7.08. The van der Waals surface area contributed by atoms with Crippen LogP contribution in [0.3, 0.4) is 0 Å². The van der Waals surface area contributed by atoms with Crippen LogP contribution in [0.2, 0.25) is 0 Å². The number of hydrogen-bond acceptors (Lipinski definition) is 4. The molecule has 1 unspecified atom stereocenters. The SMILES string of the molecule is COc1ccc(C(CNC(=O)CNC(=O)c2cccs2)c2c[nH]c3ccccc23)cc1. The maximum absolute atomic E-state index is 12.4. The Morgan fingerprint density at radius 3 is 2.58 bits per heavy atom. The van der Waals surface area contributed by atoms with Crippen LogP contribution in [-0.2, 0) is 4.79 Å². The van der Waals surface area contributed by atoms with Gasteiger partial charge in [-0.25, -0.2) is 0 Å². The fourth-order valence-corrected chi connectivity index (χ4v) is 4.20. The number of H-pyrrole nitrogens is 1. The van der Waals surface area contributed by atoms with Crippen molar-refractivity contribution < 1.29 is 14.3 Å². The smallest absolute Gasteiger partial charge is 0.261 e. The number of benzene rings is 2. The molecule has 4 aromatic rings. The average molecular weight is 434 g/mol. The van der Waals surface area contributed by atoms with Gasteiger partial charge in [-0.3, -0.25) is 9.59 Å². The molecule has 0 aliphatic carbocycles. The van der Waals surface area contributed by atoms with Gasteiger partial charge in [-0.2, -0.15) is 0 Å². The van der Waals surface area contributed by atoms with Gasteiger partial charge in [0.25, 0.3) is 5.91 Å². The van der Waals surface area contributed by atoms with Crippen molar-refractivity contribution in [3.63, 3.8) is 0 Å². The summed E-state index contributed by atoms with van der Waals surface area (Å²) < 4.78 is 5.28. The molecule has 4 rings (SSSR count). The summed E-state index contributed by atoms with van der Waals surface area (Å²) in [4.78, 5) is 28.4. The van der Waals surface area contributed by atoms with Crippen LogP contribution < -0.4 is 15.4 Å². The van der Waals surface area contributed by atoms with Gasteiger partial charge in [-0.15, -0.1) is 11.3 Å². The van der Waals surface area contributed by atoms with Gasteiger partial charge >= 0.3 is 0 Å². The minimum absolute atomic E-state index is 0.0565. The van der Waals surface area contributed by atoms with Crippen LogP contribution in [0.15, 0.2) is 72.2 Å². The van der Waals surface area contributed by atoms with Crippen molar-refractivity contribution in [1.29, 1.82) is 0 Å². The Morgan fingerprint density at radius 1 is 1.03 bits per heavy atom. The molecule has 2 aromatic carbocycles. The highest BCUT2D eigenvalue weighted by molar-refractivity contribution is 7.12. The topological polar surface area (TPSA) is 83.2 Å². The zero-order chi connectivity index (χ0) is 21.6. The molecule has 6 nitrogen and oxygen atoms in total. The van der Waals surface area contributed by atoms with E-state index in [1.165, 1.54) is 11.3 Å². The molecule has 1 atom stereocenters. The highest BCUT2D eigenvalue weighted by Gasteiger charge is 2.19. The summed E-state index contributed by atoms with van der Waals surface area (Å²) in [7, 11) is 1.64. The number of carbonyl (C=O) groups excluding carboxylic acids is 2. The first-order valence-electron chi connectivity index (χ1n) is 9.94. The van der Waals surface area contributed by atoms with E-state index in [-0.39, 0.29) is 24.3 Å². The third-order valence-electron chi connectivity index (χ3n) is 5.17. The van der Waals surface area contributed by atoms with Crippen LogP contribution in [0.25, 0.3) is 10.9 Å². The molecular weight excluding hydrogens is 410 g/mol.